The number of aromatic nitrogens is 2. The van der Waals surface area contributed by atoms with Crippen molar-refractivity contribution < 1.29 is 14.6 Å². The number of aliphatic hydroxyl groups is 1. The highest BCUT2D eigenvalue weighted by atomic mass is 16.5. The summed E-state index contributed by atoms with van der Waals surface area (Å²) in [5, 5.41) is 15.1. The fraction of sp³-hybridized carbons (Fsp3) is 0.433. The Hall–Kier alpha value is -2.97. The van der Waals surface area contributed by atoms with E-state index in [4.69, 9.17) is 9.84 Å². The molecule has 0 amide bonds. The number of ether oxygens (including phenoxy) is 2. The van der Waals surface area contributed by atoms with Crippen molar-refractivity contribution in [3.05, 3.63) is 73.3 Å². The highest BCUT2D eigenvalue weighted by Crippen LogP contribution is 2.27. The molecule has 0 fully saturated rings. The van der Waals surface area contributed by atoms with E-state index in [9.17, 15) is 0 Å². The van der Waals surface area contributed by atoms with Crippen molar-refractivity contribution in [2.24, 2.45) is 0 Å². The summed E-state index contributed by atoms with van der Waals surface area (Å²) in [5.74, 6) is 0.799. The molecule has 0 unspecified atom stereocenters. The molecule has 0 saturated carbocycles. The molecule has 7 heteroatoms. The molecule has 0 aliphatic rings. The van der Waals surface area contributed by atoms with Crippen LogP contribution >= 0.6 is 0 Å². The molecule has 2 aromatic carbocycles. The van der Waals surface area contributed by atoms with Crippen LogP contribution in [0.4, 0.5) is 5.69 Å². The quantitative estimate of drug-likeness (QED) is 0.138. The molecule has 208 valence electrons. The van der Waals surface area contributed by atoms with Gasteiger partial charge in [0.25, 0.3) is 0 Å². The van der Waals surface area contributed by atoms with Gasteiger partial charge < -0.3 is 30.2 Å². The van der Waals surface area contributed by atoms with E-state index in [2.05, 4.69) is 44.9 Å². The number of benzene rings is 2. The molecule has 0 atom stereocenters. The molecular weight excluding hydrogens is 464 g/mol. The Morgan fingerprint density at radius 3 is 2.24 bits per heavy atom. The first-order chi connectivity index (χ1) is 18.1. The van der Waals surface area contributed by atoms with E-state index in [1.54, 1.807) is 14.2 Å². The molecule has 7 nitrogen and oxygen atoms in total. The zero-order valence-electron chi connectivity index (χ0n) is 24.0. The molecule has 37 heavy (non-hydrogen) atoms. The fourth-order valence-corrected chi connectivity index (χ4v) is 2.60. The maximum atomic E-state index is 8.99. The van der Waals surface area contributed by atoms with Gasteiger partial charge in [-0.3, -0.25) is 0 Å². The molecule has 4 N–H and O–H groups in total. The van der Waals surface area contributed by atoms with Gasteiger partial charge in [-0.15, -0.1) is 6.58 Å². The summed E-state index contributed by atoms with van der Waals surface area (Å²) in [4.78, 5) is 7.83. The summed E-state index contributed by atoms with van der Waals surface area (Å²) in [6, 6.07) is 15.7. The van der Waals surface area contributed by atoms with Crippen molar-refractivity contribution in [2.75, 3.05) is 52.6 Å². The third-order valence-electron chi connectivity index (χ3n) is 4.25. The van der Waals surface area contributed by atoms with Crippen molar-refractivity contribution in [1.29, 1.82) is 0 Å². The summed E-state index contributed by atoms with van der Waals surface area (Å²) in [7, 11) is 3.25. The molecule has 0 aliphatic heterocycles. The second kappa shape index (κ2) is 27.6. The molecule has 0 saturated heterocycles. The molecule has 0 radical (unpaired) electrons. The Balaban J connectivity index is 0. The van der Waals surface area contributed by atoms with Crippen LogP contribution in [0, 0.1) is 0 Å². The Bertz CT molecular complexity index is 893. The molecule has 0 spiro atoms. The minimum absolute atomic E-state index is 0.1000. The number of aliphatic hydroxyl groups excluding tert-OH is 1. The molecule has 1 heterocycles. The lowest BCUT2D eigenvalue weighted by atomic mass is 10.1. The molecular formula is C30H50N4O3. The number of hydrogen-bond acceptors (Lipinski definition) is 6. The maximum absolute atomic E-state index is 8.99. The van der Waals surface area contributed by atoms with Gasteiger partial charge in [-0.1, -0.05) is 63.3 Å². The number of fused-ring (bicyclic) bond motifs is 1. The van der Waals surface area contributed by atoms with E-state index in [1.165, 1.54) is 0 Å². The molecule has 0 aliphatic carbocycles. The number of para-hydroxylation sites is 3. The van der Waals surface area contributed by atoms with E-state index in [1.807, 2.05) is 88.4 Å². The predicted molar refractivity (Wildman–Crippen MR) is 161 cm³/mol. The van der Waals surface area contributed by atoms with Crippen molar-refractivity contribution >= 4 is 16.7 Å². The van der Waals surface area contributed by atoms with Gasteiger partial charge in [0.15, 0.2) is 0 Å². The molecule has 1 aromatic heterocycles. The summed E-state index contributed by atoms with van der Waals surface area (Å²) < 4.78 is 9.38. The number of nitrogens with one attached hydrogen (secondary N) is 3. The second-order valence-electron chi connectivity index (χ2n) is 7.06. The average molecular weight is 515 g/mol. The summed E-state index contributed by atoms with van der Waals surface area (Å²) in [6.45, 7) is 17.0. The Kier molecular flexibility index (Phi) is 27.0. The molecule has 3 rings (SSSR count). The number of anilines is 1. The smallest absolute Gasteiger partial charge is 0.140 e. The summed E-state index contributed by atoms with van der Waals surface area (Å²) in [6.07, 6.45) is 7.08. The maximum Gasteiger partial charge on any atom is 0.140 e. The average Bonchev–Trinajstić information content (AvgIpc) is 3.37. The number of aromatic amines is 1. The standard InChI is InChI=1S/C14H13N3O.C8H17NO.C4H8.C2H6O.C2H6/c18-9-15-11-6-2-1-5-10(11)14-16-12-7-3-4-8-13(12)17-14;1-3-5-6-9-7-8-10-4-2;1-3-4-2;1-3-2;1-2/h1-8,15,18H,9H2,(H,16,17);3,5,9H,4,6-8H2,1-2H3;3H,1,4H2,2H3;1-2H3;1-2H3/b;5-3+;;;. The second-order valence-corrected chi connectivity index (χ2v) is 7.06. The first-order valence-electron chi connectivity index (χ1n) is 12.9. The number of methoxy groups -OCH3 is 1. The third-order valence-corrected chi connectivity index (χ3v) is 4.25. The van der Waals surface area contributed by atoms with Gasteiger partial charge in [0, 0.05) is 45.2 Å². The van der Waals surface area contributed by atoms with Gasteiger partial charge in [-0.2, -0.15) is 0 Å². The number of H-pyrrole nitrogens is 1. The van der Waals surface area contributed by atoms with Crippen LogP contribution in [0.25, 0.3) is 22.4 Å². The lowest BCUT2D eigenvalue weighted by Crippen LogP contribution is -2.19. The van der Waals surface area contributed by atoms with E-state index in [-0.39, 0.29) is 6.73 Å². The van der Waals surface area contributed by atoms with Gasteiger partial charge in [-0.25, -0.2) is 4.98 Å². The Morgan fingerprint density at radius 2 is 1.68 bits per heavy atom. The SMILES string of the molecule is C/C=C/CNCCOCC.C=CCC.CC.COC.OCNc1ccccc1-c1nc2ccccc2[nH]1. The van der Waals surface area contributed by atoms with Crippen LogP contribution in [-0.4, -0.2) is 62.3 Å². The van der Waals surface area contributed by atoms with Crippen LogP contribution in [0.15, 0.2) is 73.3 Å². The zero-order valence-corrected chi connectivity index (χ0v) is 24.0. The van der Waals surface area contributed by atoms with Crippen LogP contribution in [-0.2, 0) is 9.47 Å². The minimum atomic E-state index is -0.1000. The van der Waals surface area contributed by atoms with Crippen LogP contribution in [0.2, 0.25) is 0 Å². The predicted octanol–water partition coefficient (Wildman–Crippen LogP) is 6.65. The zero-order chi connectivity index (χ0) is 28.2. The van der Waals surface area contributed by atoms with Crippen LogP contribution in [0.1, 0.15) is 41.0 Å². The van der Waals surface area contributed by atoms with Crippen LogP contribution in [0.3, 0.4) is 0 Å². The Labute approximate surface area is 225 Å². The number of imidazole rings is 1. The highest BCUT2D eigenvalue weighted by molar-refractivity contribution is 5.82. The molecule has 3 aromatic rings. The van der Waals surface area contributed by atoms with Gasteiger partial charge in [0.2, 0.25) is 0 Å². The summed E-state index contributed by atoms with van der Waals surface area (Å²) >= 11 is 0. The van der Waals surface area contributed by atoms with Crippen LogP contribution < -0.4 is 10.6 Å². The first-order valence-corrected chi connectivity index (χ1v) is 12.9. The van der Waals surface area contributed by atoms with Crippen molar-refractivity contribution in [3.8, 4) is 11.4 Å². The number of nitrogens with zero attached hydrogens (tertiary/aromatic N) is 1. The first kappa shape index (κ1) is 36.2. The van der Waals surface area contributed by atoms with Crippen molar-refractivity contribution in [1.82, 2.24) is 15.3 Å². The topological polar surface area (TPSA) is 91.4 Å². The lowest BCUT2D eigenvalue weighted by Gasteiger charge is -2.07. The van der Waals surface area contributed by atoms with E-state index >= 15 is 0 Å². The van der Waals surface area contributed by atoms with Crippen molar-refractivity contribution in [2.45, 2.75) is 41.0 Å². The third kappa shape index (κ3) is 18.0. The lowest BCUT2D eigenvalue weighted by molar-refractivity contribution is 0.150. The van der Waals surface area contributed by atoms with Gasteiger partial charge in [-0.05, 0) is 44.5 Å². The minimum Gasteiger partial charge on any atom is -0.388 e. The Morgan fingerprint density at radius 1 is 1.05 bits per heavy atom. The normalized spacial score (nSPS) is 9.51. The van der Waals surface area contributed by atoms with Gasteiger partial charge >= 0.3 is 0 Å². The largest absolute Gasteiger partial charge is 0.388 e. The number of allylic oxidation sites excluding steroid dienone is 2. The van der Waals surface area contributed by atoms with Gasteiger partial charge in [0.1, 0.15) is 12.6 Å². The van der Waals surface area contributed by atoms with E-state index in [0.717, 1.165) is 60.8 Å². The van der Waals surface area contributed by atoms with E-state index < -0.39 is 0 Å². The number of rotatable bonds is 10. The summed E-state index contributed by atoms with van der Waals surface area (Å²) in [5.41, 5.74) is 3.75. The van der Waals surface area contributed by atoms with Crippen molar-refractivity contribution in [3.63, 3.8) is 0 Å². The molecule has 0 bridgehead atoms. The highest BCUT2D eigenvalue weighted by Gasteiger charge is 2.08. The van der Waals surface area contributed by atoms with Gasteiger partial charge in [0.05, 0.1) is 17.6 Å². The fourth-order valence-electron chi connectivity index (χ4n) is 2.60. The van der Waals surface area contributed by atoms with E-state index in [0.29, 0.717) is 0 Å². The number of hydrogen-bond donors (Lipinski definition) is 4. The van der Waals surface area contributed by atoms with Crippen LogP contribution in [0.5, 0.6) is 0 Å². The monoisotopic (exact) mass is 514 g/mol.